The molecule has 0 aliphatic heterocycles. The molecule has 0 aromatic carbocycles. The Labute approximate surface area is 89.1 Å². The Morgan fingerprint density at radius 2 is 2.47 bits per heavy atom. The Hall–Kier alpha value is -1.49. The first-order valence-corrected chi connectivity index (χ1v) is 4.99. The summed E-state index contributed by atoms with van der Waals surface area (Å²) in [4.78, 5) is 19.1. The predicted molar refractivity (Wildman–Crippen MR) is 56.8 cm³/mol. The van der Waals surface area contributed by atoms with Gasteiger partial charge in [-0.2, -0.15) is 0 Å². The second kappa shape index (κ2) is 6.08. The van der Waals surface area contributed by atoms with Crippen LogP contribution in [0.2, 0.25) is 0 Å². The van der Waals surface area contributed by atoms with Gasteiger partial charge >= 0.3 is 0 Å². The molecule has 1 unspecified atom stereocenters. The van der Waals surface area contributed by atoms with Crippen molar-refractivity contribution in [2.75, 3.05) is 0 Å². The minimum absolute atomic E-state index is 0.0389. The molecule has 0 radical (unpaired) electrons. The molecule has 0 saturated carbocycles. The summed E-state index contributed by atoms with van der Waals surface area (Å²) < 4.78 is 0. The van der Waals surface area contributed by atoms with Crippen LogP contribution in [-0.2, 0) is 11.3 Å². The highest BCUT2D eigenvalue weighted by Gasteiger charge is 2.06. The summed E-state index contributed by atoms with van der Waals surface area (Å²) in [7, 11) is 0. The number of nitrogens with zero attached hydrogens (tertiary/aromatic N) is 2. The Balaban J connectivity index is 2.29. The van der Waals surface area contributed by atoms with Gasteiger partial charge in [0.15, 0.2) is 0 Å². The molecule has 0 bridgehead atoms. The number of nitrogens with two attached hydrogens (primary N) is 1. The second-order valence-electron chi connectivity index (χ2n) is 3.35. The molecule has 0 spiro atoms. The summed E-state index contributed by atoms with van der Waals surface area (Å²) in [6.07, 6.45) is 4.27. The van der Waals surface area contributed by atoms with E-state index in [1.165, 1.54) is 6.33 Å². The zero-order valence-corrected chi connectivity index (χ0v) is 8.81. The fourth-order valence-corrected chi connectivity index (χ4v) is 1.07. The van der Waals surface area contributed by atoms with Gasteiger partial charge in [0.25, 0.3) is 0 Å². The van der Waals surface area contributed by atoms with Gasteiger partial charge in [-0.15, -0.1) is 0 Å². The molecule has 1 aromatic rings. The number of nitrogens with one attached hydrogen (secondary N) is 1. The van der Waals surface area contributed by atoms with E-state index in [1.807, 2.05) is 6.92 Å². The van der Waals surface area contributed by atoms with Crippen molar-refractivity contribution in [3.63, 3.8) is 0 Å². The molecule has 0 aliphatic rings. The van der Waals surface area contributed by atoms with E-state index < -0.39 is 0 Å². The van der Waals surface area contributed by atoms with Crippen molar-refractivity contribution in [3.8, 4) is 0 Å². The van der Waals surface area contributed by atoms with Gasteiger partial charge in [0.05, 0.1) is 12.2 Å². The van der Waals surface area contributed by atoms with Crippen molar-refractivity contribution in [1.29, 1.82) is 0 Å². The van der Waals surface area contributed by atoms with E-state index in [1.54, 1.807) is 12.3 Å². The highest BCUT2D eigenvalue weighted by atomic mass is 16.1. The molecule has 1 atom stereocenters. The number of hydrogen-bond acceptors (Lipinski definition) is 4. The van der Waals surface area contributed by atoms with Gasteiger partial charge in [-0.25, -0.2) is 9.97 Å². The standard InChI is InChI=1S/C10H16N4O/c1-2-8(11)5-10(15)13-6-9-3-4-12-7-14-9/h3-4,7-8H,2,5-6,11H2,1H3,(H,13,15). The van der Waals surface area contributed by atoms with Gasteiger partial charge in [-0.05, 0) is 12.5 Å². The number of rotatable bonds is 5. The molecule has 0 saturated heterocycles. The van der Waals surface area contributed by atoms with E-state index in [-0.39, 0.29) is 11.9 Å². The molecule has 5 heteroatoms. The van der Waals surface area contributed by atoms with Gasteiger partial charge in [0, 0.05) is 18.7 Å². The van der Waals surface area contributed by atoms with Crippen LogP contribution >= 0.6 is 0 Å². The number of hydrogen-bond donors (Lipinski definition) is 2. The first-order chi connectivity index (χ1) is 7.22. The summed E-state index contributed by atoms with van der Waals surface area (Å²) in [6.45, 7) is 2.39. The lowest BCUT2D eigenvalue weighted by molar-refractivity contribution is -0.121. The SMILES string of the molecule is CCC(N)CC(=O)NCc1ccncn1. The largest absolute Gasteiger partial charge is 0.350 e. The van der Waals surface area contributed by atoms with Crippen LogP contribution in [0.1, 0.15) is 25.5 Å². The zero-order valence-electron chi connectivity index (χ0n) is 8.81. The van der Waals surface area contributed by atoms with Crippen LogP contribution in [-0.4, -0.2) is 21.9 Å². The molecule has 0 fully saturated rings. The number of aromatic nitrogens is 2. The third-order valence-electron chi connectivity index (χ3n) is 2.08. The average Bonchev–Trinajstić information content (AvgIpc) is 2.27. The Morgan fingerprint density at radius 1 is 1.67 bits per heavy atom. The molecule has 1 rings (SSSR count). The zero-order chi connectivity index (χ0) is 11.1. The maximum absolute atomic E-state index is 11.4. The Kier molecular flexibility index (Phi) is 4.70. The summed E-state index contributed by atoms with van der Waals surface area (Å²) in [5.74, 6) is -0.0389. The summed E-state index contributed by atoms with van der Waals surface area (Å²) >= 11 is 0. The fourth-order valence-electron chi connectivity index (χ4n) is 1.07. The maximum atomic E-state index is 11.4. The van der Waals surface area contributed by atoms with Crippen molar-refractivity contribution in [2.24, 2.45) is 5.73 Å². The van der Waals surface area contributed by atoms with Crippen LogP contribution in [0.25, 0.3) is 0 Å². The van der Waals surface area contributed by atoms with Crippen LogP contribution < -0.4 is 11.1 Å². The van der Waals surface area contributed by atoms with E-state index in [2.05, 4.69) is 15.3 Å². The van der Waals surface area contributed by atoms with Crippen molar-refractivity contribution in [1.82, 2.24) is 15.3 Å². The number of carbonyl (C=O) groups is 1. The van der Waals surface area contributed by atoms with Gasteiger partial charge < -0.3 is 11.1 Å². The molecule has 15 heavy (non-hydrogen) atoms. The molecule has 1 heterocycles. The fraction of sp³-hybridized carbons (Fsp3) is 0.500. The predicted octanol–water partition coefficient (Wildman–Crippen LogP) is 0.220. The third kappa shape index (κ3) is 4.51. The number of carbonyl (C=O) groups excluding carboxylic acids is 1. The van der Waals surface area contributed by atoms with Crippen LogP contribution in [0.4, 0.5) is 0 Å². The third-order valence-corrected chi connectivity index (χ3v) is 2.08. The lowest BCUT2D eigenvalue weighted by Gasteiger charge is -2.08. The lowest BCUT2D eigenvalue weighted by Crippen LogP contribution is -2.31. The molecule has 1 aromatic heterocycles. The van der Waals surface area contributed by atoms with Crippen molar-refractivity contribution in [3.05, 3.63) is 24.3 Å². The van der Waals surface area contributed by atoms with E-state index >= 15 is 0 Å². The van der Waals surface area contributed by atoms with Crippen molar-refractivity contribution < 1.29 is 4.79 Å². The topological polar surface area (TPSA) is 80.9 Å². The molecule has 3 N–H and O–H groups in total. The molecule has 5 nitrogen and oxygen atoms in total. The summed E-state index contributed by atoms with van der Waals surface area (Å²) in [5.41, 5.74) is 6.45. The minimum Gasteiger partial charge on any atom is -0.350 e. The minimum atomic E-state index is -0.0598. The van der Waals surface area contributed by atoms with E-state index in [0.717, 1.165) is 12.1 Å². The first kappa shape index (κ1) is 11.6. The highest BCUT2D eigenvalue weighted by Crippen LogP contribution is 1.94. The smallest absolute Gasteiger partial charge is 0.221 e. The van der Waals surface area contributed by atoms with Crippen LogP contribution in [0.5, 0.6) is 0 Å². The Morgan fingerprint density at radius 3 is 3.07 bits per heavy atom. The van der Waals surface area contributed by atoms with E-state index in [4.69, 9.17) is 5.73 Å². The first-order valence-electron chi connectivity index (χ1n) is 4.99. The van der Waals surface area contributed by atoms with Crippen LogP contribution in [0.3, 0.4) is 0 Å². The second-order valence-corrected chi connectivity index (χ2v) is 3.35. The van der Waals surface area contributed by atoms with Gasteiger partial charge in [-0.1, -0.05) is 6.92 Å². The van der Waals surface area contributed by atoms with Crippen LogP contribution in [0, 0.1) is 0 Å². The van der Waals surface area contributed by atoms with Crippen molar-refractivity contribution >= 4 is 5.91 Å². The van der Waals surface area contributed by atoms with Gasteiger partial charge in [0.1, 0.15) is 6.33 Å². The van der Waals surface area contributed by atoms with E-state index in [0.29, 0.717) is 13.0 Å². The van der Waals surface area contributed by atoms with Gasteiger partial charge in [-0.3, -0.25) is 4.79 Å². The highest BCUT2D eigenvalue weighted by molar-refractivity contribution is 5.76. The summed E-state index contributed by atoms with van der Waals surface area (Å²) in [6, 6.07) is 1.70. The monoisotopic (exact) mass is 208 g/mol. The molecule has 0 aliphatic carbocycles. The lowest BCUT2D eigenvalue weighted by atomic mass is 10.1. The van der Waals surface area contributed by atoms with Crippen LogP contribution in [0.15, 0.2) is 18.6 Å². The molecule has 1 amide bonds. The molecular weight excluding hydrogens is 192 g/mol. The molecular formula is C10H16N4O. The number of amides is 1. The quantitative estimate of drug-likeness (QED) is 0.725. The Bertz CT molecular complexity index is 302. The molecule has 82 valence electrons. The van der Waals surface area contributed by atoms with Crippen molar-refractivity contribution in [2.45, 2.75) is 32.4 Å². The average molecular weight is 208 g/mol. The normalized spacial score (nSPS) is 12.1. The summed E-state index contributed by atoms with van der Waals surface area (Å²) in [5, 5.41) is 2.75. The van der Waals surface area contributed by atoms with Gasteiger partial charge in [0.2, 0.25) is 5.91 Å². The van der Waals surface area contributed by atoms with E-state index in [9.17, 15) is 4.79 Å². The maximum Gasteiger partial charge on any atom is 0.221 e.